The minimum absolute atomic E-state index is 0.500. The van der Waals surface area contributed by atoms with Gasteiger partial charge in [0.05, 0.1) is 22.1 Å². The van der Waals surface area contributed by atoms with Gasteiger partial charge in [0.25, 0.3) is 0 Å². The summed E-state index contributed by atoms with van der Waals surface area (Å²) in [6.07, 6.45) is 0. The molecule has 15 rings (SSSR count). The van der Waals surface area contributed by atoms with Crippen molar-refractivity contribution < 1.29 is 8.83 Å². The molecule has 0 radical (unpaired) electrons. The van der Waals surface area contributed by atoms with Crippen LogP contribution in [0.15, 0.2) is 227 Å². The van der Waals surface area contributed by atoms with Gasteiger partial charge in [-0.25, -0.2) is 9.97 Å². The van der Waals surface area contributed by atoms with Crippen LogP contribution in [0.3, 0.4) is 0 Å². The number of fused-ring (bicyclic) bond motifs is 14. The second-order valence-electron chi connectivity index (χ2n) is 17.7. The van der Waals surface area contributed by atoms with Crippen LogP contribution in [0, 0.1) is 0 Å². The molecule has 0 spiro atoms. The Balaban J connectivity index is 0.934. The van der Waals surface area contributed by atoms with Gasteiger partial charge in [-0.2, -0.15) is 0 Å². The first-order valence-corrected chi connectivity index (χ1v) is 23.0. The second kappa shape index (κ2) is 14.1. The Morgan fingerprint density at radius 2 is 0.985 bits per heavy atom. The molecule has 0 aliphatic rings. The molecule has 6 heteroatoms. The van der Waals surface area contributed by atoms with Crippen LogP contribution >= 0.6 is 0 Å². The summed E-state index contributed by atoms with van der Waals surface area (Å²) >= 11 is 0. The van der Waals surface area contributed by atoms with Gasteiger partial charge in [0, 0.05) is 55.0 Å². The number of para-hydroxylation sites is 4. The predicted octanol–water partition coefficient (Wildman–Crippen LogP) is 16.6. The molecule has 0 atom stereocenters. The molecule has 0 saturated heterocycles. The number of aromatic nitrogens is 4. The maximum Gasteiger partial charge on any atom is 0.247 e. The van der Waals surface area contributed by atoms with Gasteiger partial charge >= 0.3 is 0 Å². The van der Waals surface area contributed by atoms with E-state index in [2.05, 4.69) is 203 Å². The van der Waals surface area contributed by atoms with Crippen molar-refractivity contribution in [3.8, 4) is 45.0 Å². The smallest absolute Gasteiger partial charge is 0.247 e. The number of hydrogen-bond donors (Lipinski definition) is 0. The summed E-state index contributed by atoms with van der Waals surface area (Å²) in [7, 11) is 0. The third-order valence-electron chi connectivity index (χ3n) is 13.9. The monoisotopic (exact) mass is 868 g/mol. The molecule has 0 aliphatic carbocycles. The summed E-state index contributed by atoms with van der Waals surface area (Å²) in [6, 6.07) is 77.4. The van der Waals surface area contributed by atoms with Crippen LogP contribution in [0.5, 0.6) is 0 Å². The first kappa shape index (κ1) is 37.0. The quantitative estimate of drug-likeness (QED) is 0.173. The van der Waals surface area contributed by atoms with Crippen LogP contribution in [0.4, 0.5) is 0 Å². The van der Waals surface area contributed by atoms with Crippen molar-refractivity contribution >= 4 is 98.5 Å². The standard InChI is InChI=1S/C62H36N4O2/c1-3-15-37(16-4-1)42-19-7-8-22-46(42)59-61(63-60-47-23-11-14-26-55(47)68-62(60)64-59)66-52-25-13-10-21-45(52)49-35-50-57(36-54(49)66)67-56-32-29-40-33-38(27-30-43(40)58(50)56)39-28-31-53-48(34-39)44-20-9-12-24-51(44)65(53)41-17-5-2-6-18-41/h1-36H. The first-order valence-electron chi connectivity index (χ1n) is 23.0. The highest BCUT2D eigenvalue weighted by Crippen LogP contribution is 2.44. The molecule has 0 unspecified atom stereocenters. The van der Waals surface area contributed by atoms with Crippen LogP contribution in [-0.2, 0) is 0 Å². The van der Waals surface area contributed by atoms with E-state index in [-0.39, 0.29) is 0 Å². The Morgan fingerprint density at radius 1 is 0.338 bits per heavy atom. The lowest BCUT2D eigenvalue weighted by Crippen LogP contribution is -2.04. The number of nitrogens with zero attached hydrogens (tertiary/aromatic N) is 4. The molecule has 5 aromatic heterocycles. The van der Waals surface area contributed by atoms with Crippen molar-refractivity contribution in [1.29, 1.82) is 0 Å². The van der Waals surface area contributed by atoms with Crippen LogP contribution < -0.4 is 0 Å². The van der Waals surface area contributed by atoms with Crippen molar-refractivity contribution in [2.45, 2.75) is 0 Å². The summed E-state index contributed by atoms with van der Waals surface area (Å²) in [5.74, 6) is 0.717. The van der Waals surface area contributed by atoms with Gasteiger partial charge in [-0.15, -0.1) is 0 Å². The van der Waals surface area contributed by atoms with Crippen molar-refractivity contribution in [2.24, 2.45) is 0 Å². The van der Waals surface area contributed by atoms with E-state index < -0.39 is 0 Å². The van der Waals surface area contributed by atoms with E-state index in [4.69, 9.17) is 18.8 Å². The fourth-order valence-electron chi connectivity index (χ4n) is 10.9. The summed E-state index contributed by atoms with van der Waals surface area (Å²) < 4.78 is 17.9. The molecule has 0 amide bonds. The Bertz CT molecular complexity index is 4560. The molecule has 10 aromatic carbocycles. The Hall–Kier alpha value is -9.26. The zero-order chi connectivity index (χ0) is 44.5. The first-order chi connectivity index (χ1) is 33.7. The fraction of sp³-hybridized carbons (Fsp3) is 0. The number of rotatable bonds is 5. The van der Waals surface area contributed by atoms with Crippen LogP contribution in [-0.4, -0.2) is 19.1 Å². The Morgan fingerprint density at radius 3 is 1.81 bits per heavy atom. The van der Waals surface area contributed by atoms with E-state index >= 15 is 0 Å². The van der Waals surface area contributed by atoms with E-state index in [1.165, 1.54) is 32.9 Å². The van der Waals surface area contributed by atoms with Crippen LogP contribution in [0.1, 0.15) is 0 Å². The maximum atomic E-state index is 6.84. The lowest BCUT2D eigenvalue weighted by Gasteiger charge is -2.15. The molecule has 0 N–H and O–H groups in total. The fourth-order valence-corrected chi connectivity index (χ4v) is 10.9. The van der Waals surface area contributed by atoms with E-state index in [0.717, 1.165) is 105 Å². The molecule has 0 aliphatic heterocycles. The minimum Gasteiger partial charge on any atom is -0.456 e. The van der Waals surface area contributed by atoms with Crippen molar-refractivity contribution in [3.05, 3.63) is 218 Å². The summed E-state index contributed by atoms with van der Waals surface area (Å²) in [5, 5.41) is 10.1. The molecule has 5 heterocycles. The zero-order valence-corrected chi connectivity index (χ0v) is 36.4. The van der Waals surface area contributed by atoms with Gasteiger partial charge in [-0.05, 0) is 99.8 Å². The van der Waals surface area contributed by atoms with Crippen molar-refractivity contribution in [2.75, 3.05) is 0 Å². The highest BCUT2D eigenvalue weighted by atomic mass is 16.3. The molecule has 0 bridgehead atoms. The van der Waals surface area contributed by atoms with Gasteiger partial charge < -0.3 is 13.4 Å². The lowest BCUT2D eigenvalue weighted by atomic mass is 9.97. The molecule has 0 saturated carbocycles. The van der Waals surface area contributed by atoms with Gasteiger partial charge in [0.15, 0.2) is 5.82 Å². The highest BCUT2D eigenvalue weighted by molar-refractivity contribution is 6.24. The largest absolute Gasteiger partial charge is 0.456 e. The maximum absolute atomic E-state index is 6.84. The molecule has 0 fully saturated rings. The second-order valence-corrected chi connectivity index (χ2v) is 17.7. The molecule has 68 heavy (non-hydrogen) atoms. The van der Waals surface area contributed by atoms with E-state index in [9.17, 15) is 0 Å². The highest BCUT2D eigenvalue weighted by Gasteiger charge is 2.25. The summed E-state index contributed by atoms with van der Waals surface area (Å²) in [6.45, 7) is 0. The third kappa shape index (κ3) is 5.34. The SMILES string of the molecule is c1ccc(-c2ccccc2-c2nc3oc4ccccc4c3nc2-n2c3ccccc3c3cc4c(cc32)oc2ccc3cc(-c5ccc6c(c5)c5ccccc5n6-c5ccccc5)ccc3c24)cc1. The number of hydrogen-bond acceptors (Lipinski definition) is 4. The molecular formula is C62H36N4O2. The lowest BCUT2D eigenvalue weighted by molar-refractivity contribution is 0.653. The Kier molecular flexibility index (Phi) is 7.69. The topological polar surface area (TPSA) is 61.9 Å². The normalized spacial score (nSPS) is 12.1. The predicted molar refractivity (Wildman–Crippen MR) is 279 cm³/mol. The van der Waals surface area contributed by atoms with E-state index in [1.54, 1.807) is 0 Å². The van der Waals surface area contributed by atoms with Gasteiger partial charge in [-0.1, -0.05) is 146 Å². The average Bonchev–Trinajstić information content (AvgIpc) is 4.15. The van der Waals surface area contributed by atoms with Gasteiger partial charge in [0.1, 0.15) is 28.0 Å². The Labute approximate surface area is 388 Å². The third-order valence-corrected chi connectivity index (χ3v) is 13.9. The van der Waals surface area contributed by atoms with Crippen LogP contribution in [0.25, 0.3) is 144 Å². The molecule has 6 nitrogen and oxygen atoms in total. The number of benzene rings is 10. The summed E-state index contributed by atoms with van der Waals surface area (Å²) in [5.41, 5.74) is 15.4. The van der Waals surface area contributed by atoms with Crippen molar-refractivity contribution in [3.63, 3.8) is 0 Å². The molecular weight excluding hydrogens is 833 g/mol. The molecule has 15 aromatic rings. The van der Waals surface area contributed by atoms with Gasteiger partial charge in [0.2, 0.25) is 5.71 Å². The van der Waals surface area contributed by atoms with E-state index in [0.29, 0.717) is 5.71 Å². The van der Waals surface area contributed by atoms with E-state index in [1.807, 2.05) is 24.3 Å². The van der Waals surface area contributed by atoms with Gasteiger partial charge in [-0.3, -0.25) is 4.57 Å². The molecule has 316 valence electrons. The van der Waals surface area contributed by atoms with Crippen molar-refractivity contribution in [1.82, 2.24) is 19.1 Å². The average molecular weight is 869 g/mol. The minimum atomic E-state index is 0.500. The van der Waals surface area contributed by atoms with Crippen LogP contribution in [0.2, 0.25) is 0 Å². The zero-order valence-electron chi connectivity index (χ0n) is 36.4. The summed E-state index contributed by atoms with van der Waals surface area (Å²) in [4.78, 5) is 10.9. The number of furan rings is 2.